The minimum absolute atomic E-state index is 0.513. The summed E-state index contributed by atoms with van der Waals surface area (Å²) in [5, 5.41) is 9.88. The molecule has 0 spiro atoms. The molecule has 0 saturated carbocycles. The highest BCUT2D eigenvalue weighted by atomic mass is 35.5. The summed E-state index contributed by atoms with van der Waals surface area (Å²) >= 11 is 6.02. The smallest absolute Gasteiger partial charge is 0.310 e. The Hall–Kier alpha value is -1.26. The van der Waals surface area contributed by atoms with Gasteiger partial charge in [-0.05, 0) is 38.4 Å². The summed E-state index contributed by atoms with van der Waals surface area (Å²) in [6.45, 7) is 4.55. The van der Waals surface area contributed by atoms with Crippen molar-refractivity contribution in [1.29, 1.82) is 0 Å². The van der Waals surface area contributed by atoms with Gasteiger partial charge in [0.05, 0.1) is 10.4 Å². The lowest BCUT2D eigenvalue weighted by Gasteiger charge is -2.37. The maximum absolute atomic E-state index is 11.3. The normalized spacial score (nSPS) is 23.5. The van der Waals surface area contributed by atoms with Crippen molar-refractivity contribution < 1.29 is 14.6 Å². The standard InChI is InChI=1S/C15H20ClNO3/c1-15(14(18)19)7-4-8-17(11-15)9-10-20-13-6-3-2-5-12(13)16/h2-3,5-6H,4,7-11H2,1H3,(H,18,19). The number of aliphatic carboxylic acids is 1. The van der Waals surface area contributed by atoms with Gasteiger partial charge in [-0.1, -0.05) is 23.7 Å². The predicted octanol–water partition coefficient (Wildman–Crippen LogP) is 2.91. The molecule has 1 aliphatic rings. The summed E-state index contributed by atoms with van der Waals surface area (Å²) in [5.41, 5.74) is -0.636. The van der Waals surface area contributed by atoms with E-state index in [0.717, 1.165) is 19.4 Å². The second-order valence-electron chi connectivity index (χ2n) is 5.52. The van der Waals surface area contributed by atoms with Crippen molar-refractivity contribution in [3.63, 3.8) is 0 Å². The molecule has 1 aromatic rings. The van der Waals surface area contributed by atoms with Gasteiger partial charge < -0.3 is 9.84 Å². The first-order chi connectivity index (χ1) is 9.51. The van der Waals surface area contributed by atoms with E-state index in [4.69, 9.17) is 16.3 Å². The molecule has 0 bridgehead atoms. The molecule has 1 saturated heterocycles. The number of hydrogen-bond donors (Lipinski definition) is 1. The third kappa shape index (κ3) is 3.64. The zero-order valence-electron chi connectivity index (χ0n) is 11.6. The molecule has 20 heavy (non-hydrogen) atoms. The van der Waals surface area contributed by atoms with Crippen LogP contribution in [0.25, 0.3) is 0 Å². The number of benzene rings is 1. The molecule has 0 radical (unpaired) electrons. The van der Waals surface area contributed by atoms with Gasteiger partial charge in [0, 0.05) is 13.1 Å². The van der Waals surface area contributed by atoms with Gasteiger partial charge in [-0.3, -0.25) is 9.69 Å². The average Bonchev–Trinajstić information content (AvgIpc) is 2.41. The quantitative estimate of drug-likeness (QED) is 0.908. The number of hydrogen-bond acceptors (Lipinski definition) is 3. The maximum atomic E-state index is 11.3. The van der Waals surface area contributed by atoms with Crippen molar-refractivity contribution in [2.75, 3.05) is 26.2 Å². The Morgan fingerprint density at radius 3 is 2.95 bits per heavy atom. The number of carboxylic acids is 1. The second-order valence-corrected chi connectivity index (χ2v) is 5.93. The minimum atomic E-state index is -0.714. The van der Waals surface area contributed by atoms with Crippen molar-refractivity contribution in [3.05, 3.63) is 29.3 Å². The third-order valence-electron chi connectivity index (χ3n) is 3.79. The van der Waals surface area contributed by atoms with Crippen molar-refractivity contribution in [3.8, 4) is 5.75 Å². The summed E-state index contributed by atoms with van der Waals surface area (Å²) in [6.07, 6.45) is 1.65. The SMILES string of the molecule is CC1(C(=O)O)CCCN(CCOc2ccccc2Cl)C1. The lowest BCUT2D eigenvalue weighted by molar-refractivity contribution is -0.151. The van der Waals surface area contributed by atoms with E-state index in [9.17, 15) is 9.90 Å². The van der Waals surface area contributed by atoms with E-state index in [0.29, 0.717) is 30.5 Å². The molecule has 0 amide bonds. The first-order valence-electron chi connectivity index (χ1n) is 6.84. The number of ether oxygens (including phenoxy) is 1. The molecular formula is C15H20ClNO3. The summed E-state index contributed by atoms with van der Waals surface area (Å²) in [7, 11) is 0. The van der Waals surface area contributed by atoms with Gasteiger partial charge in [0.2, 0.25) is 0 Å². The zero-order valence-corrected chi connectivity index (χ0v) is 12.4. The molecule has 5 heteroatoms. The Kier molecular flexibility index (Phi) is 4.89. The molecule has 1 N–H and O–H groups in total. The lowest BCUT2D eigenvalue weighted by atomic mass is 9.82. The number of likely N-dealkylation sites (tertiary alicyclic amines) is 1. The zero-order chi connectivity index (χ0) is 14.6. The number of rotatable bonds is 5. The molecule has 1 aliphatic heterocycles. The van der Waals surface area contributed by atoms with E-state index in [2.05, 4.69) is 4.90 Å². The Balaban J connectivity index is 1.83. The van der Waals surface area contributed by atoms with Crippen LogP contribution < -0.4 is 4.74 Å². The van der Waals surface area contributed by atoms with Gasteiger partial charge in [0.15, 0.2) is 0 Å². The Labute approximate surface area is 124 Å². The predicted molar refractivity (Wildman–Crippen MR) is 78.4 cm³/mol. The van der Waals surface area contributed by atoms with Crippen LogP contribution in [0, 0.1) is 5.41 Å². The van der Waals surface area contributed by atoms with Crippen LogP contribution in [0.2, 0.25) is 5.02 Å². The monoisotopic (exact) mass is 297 g/mol. The van der Waals surface area contributed by atoms with Gasteiger partial charge in [0.1, 0.15) is 12.4 Å². The van der Waals surface area contributed by atoms with Gasteiger partial charge in [0.25, 0.3) is 0 Å². The molecule has 110 valence electrons. The highest BCUT2D eigenvalue weighted by molar-refractivity contribution is 6.32. The molecule has 1 heterocycles. The molecule has 0 aliphatic carbocycles. The molecule has 1 atom stereocenters. The summed E-state index contributed by atoms with van der Waals surface area (Å²) in [4.78, 5) is 13.4. The highest BCUT2D eigenvalue weighted by Crippen LogP contribution is 2.29. The van der Waals surface area contributed by atoms with E-state index in [-0.39, 0.29) is 0 Å². The van der Waals surface area contributed by atoms with Crippen LogP contribution >= 0.6 is 11.6 Å². The number of halogens is 1. The summed E-state index contributed by atoms with van der Waals surface area (Å²) in [6, 6.07) is 7.36. The number of carboxylic acid groups (broad SMARTS) is 1. The summed E-state index contributed by atoms with van der Waals surface area (Å²) < 4.78 is 5.65. The fraction of sp³-hybridized carbons (Fsp3) is 0.533. The minimum Gasteiger partial charge on any atom is -0.491 e. The number of piperidine rings is 1. The van der Waals surface area contributed by atoms with E-state index >= 15 is 0 Å². The maximum Gasteiger partial charge on any atom is 0.310 e. The van der Waals surface area contributed by atoms with Gasteiger partial charge in [-0.2, -0.15) is 0 Å². The molecule has 1 unspecified atom stereocenters. The highest BCUT2D eigenvalue weighted by Gasteiger charge is 2.37. The fourth-order valence-electron chi connectivity index (χ4n) is 2.56. The van der Waals surface area contributed by atoms with Gasteiger partial charge in [-0.25, -0.2) is 0 Å². The first-order valence-corrected chi connectivity index (χ1v) is 7.22. The van der Waals surface area contributed by atoms with Crippen molar-refractivity contribution in [1.82, 2.24) is 4.90 Å². The van der Waals surface area contributed by atoms with Crippen molar-refractivity contribution >= 4 is 17.6 Å². The van der Waals surface area contributed by atoms with Crippen molar-refractivity contribution in [2.45, 2.75) is 19.8 Å². The Morgan fingerprint density at radius 2 is 2.25 bits per heavy atom. The van der Waals surface area contributed by atoms with Gasteiger partial charge >= 0.3 is 5.97 Å². The van der Waals surface area contributed by atoms with Crippen LogP contribution in [0.3, 0.4) is 0 Å². The molecule has 4 nitrogen and oxygen atoms in total. The molecule has 2 rings (SSSR count). The van der Waals surface area contributed by atoms with Crippen LogP contribution in [-0.4, -0.2) is 42.2 Å². The van der Waals surface area contributed by atoms with Crippen LogP contribution in [-0.2, 0) is 4.79 Å². The summed E-state index contributed by atoms with van der Waals surface area (Å²) in [5.74, 6) is -0.0404. The topological polar surface area (TPSA) is 49.8 Å². The number of carbonyl (C=O) groups is 1. The molecule has 1 aromatic carbocycles. The largest absolute Gasteiger partial charge is 0.491 e. The number of para-hydroxylation sites is 1. The van der Waals surface area contributed by atoms with Crippen LogP contribution in [0.4, 0.5) is 0 Å². The van der Waals surface area contributed by atoms with Crippen LogP contribution in [0.1, 0.15) is 19.8 Å². The third-order valence-corrected chi connectivity index (χ3v) is 4.11. The molecular weight excluding hydrogens is 278 g/mol. The average molecular weight is 298 g/mol. The Bertz CT molecular complexity index is 480. The molecule has 0 aromatic heterocycles. The molecule has 1 fully saturated rings. The fourth-order valence-corrected chi connectivity index (χ4v) is 2.75. The first kappa shape index (κ1) is 15.1. The van der Waals surface area contributed by atoms with E-state index in [1.165, 1.54) is 0 Å². The van der Waals surface area contributed by atoms with Crippen molar-refractivity contribution in [2.24, 2.45) is 5.41 Å². The van der Waals surface area contributed by atoms with Gasteiger partial charge in [-0.15, -0.1) is 0 Å². The van der Waals surface area contributed by atoms with Crippen LogP contribution in [0.5, 0.6) is 5.75 Å². The lowest BCUT2D eigenvalue weighted by Crippen LogP contribution is -2.47. The van der Waals surface area contributed by atoms with Crippen LogP contribution in [0.15, 0.2) is 24.3 Å². The van der Waals surface area contributed by atoms with E-state index in [1.54, 1.807) is 6.07 Å². The number of nitrogens with zero attached hydrogens (tertiary/aromatic N) is 1. The Morgan fingerprint density at radius 1 is 1.50 bits per heavy atom. The van der Waals surface area contributed by atoms with E-state index < -0.39 is 11.4 Å². The van der Waals surface area contributed by atoms with E-state index in [1.807, 2.05) is 25.1 Å². The second kappa shape index (κ2) is 6.46.